The van der Waals surface area contributed by atoms with Crippen LogP contribution in [0.5, 0.6) is 0 Å². The van der Waals surface area contributed by atoms with Gasteiger partial charge in [0, 0.05) is 11.6 Å². The number of hydrogen-bond donors (Lipinski definition) is 2. The number of aliphatic hydroxyl groups is 1. The number of nitrogens with two attached hydrogens (primary N) is 1. The first-order chi connectivity index (χ1) is 10.1. The van der Waals surface area contributed by atoms with Gasteiger partial charge in [-0.15, -0.1) is 0 Å². The SMILES string of the molecule is CC(N)c1nc2cccc(C#CCO)c2c(=O)n1C1CC1. The molecule has 0 saturated heterocycles. The summed E-state index contributed by atoms with van der Waals surface area (Å²) < 4.78 is 1.72. The summed E-state index contributed by atoms with van der Waals surface area (Å²) in [5.74, 6) is 6.05. The summed E-state index contributed by atoms with van der Waals surface area (Å²) >= 11 is 0. The third-order valence-corrected chi connectivity index (χ3v) is 3.58. The molecule has 108 valence electrons. The van der Waals surface area contributed by atoms with Gasteiger partial charge in [0.05, 0.1) is 16.9 Å². The highest BCUT2D eigenvalue weighted by Gasteiger charge is 2.29. The molecule has 1 unspecified atom stereocenters. The van der Waals surface area contributed by atoms with Gasteiger partial charge in [0.25, 0.3) is 5.56 Å². The summed E-state index contributed by atoms with van der Waals surface area (Å²) in [5.41, 5.74) is 7.10. The third-order valence-electron chi connectivity index (χ3n) is 3.58. The number of fused-ring (bicyclic) bond motifs is 1. The van der Waals surface area contributed by atoms with Crippen molar-refractivity contribution in [2.45, 2.75) is 31.8 Å². The predicted octanol–water partition coefficient (Wildman–Crippen LogP) is 1.09. The van der Waals surface area contributed by atoms with Gasteiger partial charge in [0.2, 0.25) is 0 Å². The van der Waals surface area contributed by atoms with Gasteiger partial charge in [0.15, 0.2) is 0 Å². The van der Waals surface area contributed by atoms with E-state index in [1.54, 1.807) is 16.7 Å². The lowest BCUT2D eigenvalue weighted by Crippen LogP contribution is -2.28. The highest BCUT2D eigenvalue weighted by Crippen LogP contribution is 2.35. The first-order valence-corrected chi connectivity index (χ1v) is 7.04. The zero-order chi connectivity index (χ0) is 15.0. The maximum absolute atomic E-state index is 12.9. The van der Waals surface area contributed by atoms with Crippen LogP contribution in [0.1, 0.15) is 43.2 Å². The van der Waals surface area contributed by atoms with Crippen molar-refractivity contribution in [2.75, 3.05) is 6.61 Å². The average molecular weight is 283 g/mol. The van der Waals surface area contributed by atoms with Crippen LogP contribution in [0.2, 0.25) is 0 Å². The number of aromatic nitrogens is 2. The number of benzene rings is 1. The first kappa shape index (κ1) is 13.8. The highest BCUT2D eigenvalue weighted by molar-refractivity contribution is 5.84. The smallest absolute Gasteiger partial charge is 0.262 e. The van der Waals surface area contributed by atoms with Crippen LogP contribution < -0.4 is 11.3 Å². The highest BCUT2D eigenvalue weighted by atomic mass is 16.2. The summed E-state index contributed by atoms with van der Waals surface area (Å²) in [6, 6.07) is 5.29. The Hall–Kier alpha value is -2.16. The average Bonchev–Trinajstić information content (AvgIpc) is 3.28. The quantitative estimate of drug-likeness (QED) is 0.809. The van der Waals surface area contributed by atoms with E-state index >= 15 is 0 Å². The van der Waals surface area contributed by atoms with Crippen LogP contribution in [0.15, 0.2) is 23.0 Å². The zero-order valence-corrected chi connectivity index (χ0v) is 11.8. The molecule has 1 fully saturated rings. The van der Waals surface area contributed by atoms with E-state index in [4.69, 9.17) is 10.8 Å². The summed E-state index contributed by atoms with van der Waals surface area (Å²) in [4.78, 5) is 17.4. The van der Waals surface area contributed by atoms with Crippen LogP contribution in [0.25, 0.3) is 10.9 Å². The van der Waals surface area contributed by atoms with E-state index < -0.39 is 0 Å². The van der Waals surface area contributed by atoms with Gasteiger partial charge < -0.3 is 10.8 Å². The van der Waals surface area contributed by atoms with Gasteiger partial charge in [0.1, 0.15) is 12.4 Å². The van der Waals surface area contributed by atoms with Crippen molar-refractivity contribution in [1.82, 2.24) is 9.55 Å². The monoisotopic (exact) mass is 283 g/mol. The van der Waals surface area contributed by atoms with Crippen molar-refractivity contribution >= 4 is 10.9 Å². The summed E-state index contributed by atoms with van der Waals surface area (Å²) in [7, 11) is 0. The lowest BCUT2D eigenvalue weighted by molar-refractivity contribution is 0.350. The second kappa shape index (κ2) is 5.32. The molecule has 0 aliphatic heterocycles. The fourth-order valence-electron chi connectivity index (χ4n) is 2.51. The Morgan fingerprint density at radius 3 is 2.90 bits per heavy atom. The maximum Gasteiger partial charge on any atom is 0.262 e. The van der Waals surface area contributed by atoms with Gasteiger partial charge in [-0.05, 0) is 31.9 Å². The molecule has 1 aliphatic carbocycles. The predicted molar refractivity (Wildman–Crippen MR) is 80.8 cm³/mol. The Kier molecular flexibility index (Phi) is 3.50. The molecule has 21 heavy (non-hydrogen) atoms. The normalized spacial score (nSPS) is 15.6. The van der Waals surface area contributed by atoms with Crippen LogP contribution in [-0.4, -0.2) is 21.3 Å². The minimum absolute atomic E-state index is 0.0855. The Balaban J connectivity index is 2.36. The Labute approximate surface area is 122 Å². The fraction of sp³-hybridized carbons (Fsp3) is 0.375. The minimum atomic E-state index is -0.296. The molecular weight excluding hydrogens is 266 g/mol. The van der Waals surface area contributed by atoms with Crippen LogP contribution in [0.4, 0.5) is 0 Å². The molecule has 0 radical (unpaired) electrons. The topological polar surface area (TPSA) is 81.1 Å². The van der Waals surface area contributed by atoms with Crippen molar-refractivity contribution in [3.63, 3.8) is 0 Å². The second-order valence-electron chi connectivity index (χ2n) is 5.32. The molecule has 0 spiro atoms. The van der Waals surface area contributed by atoms with Crippen molar-refractivity contribution < 1.29 is 5.11 Å². The Morgan fingerprint density at radius 1 is 1.52 bits per heavy atom. The molecule has 5 heteroatoms. The molecule has 1 aromatic carbocycles. The van der Waals surface area contributed by atoms with Gasteiger partial charge >= 0.3 is 0 Å². The summed E-state index contributed by atoms with van der Waals surface area (Å²) in [6.45, 7) is 1.60. The lowest BCUT2D eigenvalue weighted by Gasteiger charge is -2.15. The van der Waals surface area contributed by atoms with E-state index in [0.717, 1.165) is 12.8 Å². The molecule has 2 aromatic rings. The van der Waals surface area contributed by atoms with Crippen LogP contribution in [0.3, 0.4) is 0 Å². The zero-order valence-electron chi connectivity index (χ0n) is 11.8. The van der Waals surface area contributed by atoms with Crippen LogP contribution >= 0.6 is 0 Å². The van der Waals surface area contributed by atoms with Crippen molar-refractivity contribution in [1.29, 1.82) is 0 Å². The van der Waals surface area contributed by atoms with E-state index in [1.807, 2.05) is 13.0 Å². The van der Waals surface area contributed by atoms with Gasteiger partial charge in [-0.3, -0.25) is 9.36 Å². The molecule has 5 nitrogen and oxygen atoms in total. The summed E-state index contributed by atoms with van der Waals surface area (Å²) in [5, 5.41) is 9.36. The van der Waals surface area contributed by atoms with E-state index in [-0.39, 0.29) is 24.2 Å². The molecule has 3 N–H and O–H groups in total. The molecule has 3 rings (SSSR count). The van der Waals surface area contributed by atoms with Crippen molar-refractivity contribution in [3.05, 3.63) is 39.9 Å². The Morgan fingerprint density at radius 2 is 2.29 bits per heavy atom. The van der Waals surface area contributed by atoms with Gasteiger partial charge in [-0.1, -0.05) is 17.9 Å². The molecule has 1 saturated carbocycles. The van der Waals surface area contributed by atoms with Crippen molar-refractivity contribution in [3.8, 4) is 11.8 Å². The molecule has 0 bridgehead atoms. The molecule has 1 aromatic heterocycles. The van der Waals surface area contributed by atoms with Gasteiger partial charge in [-0.25, -0.2) is 4.98 Å². The number of aliphatic hydroxyl groups excluding tert-OH is 1. The van der Waals surface area contributed by atoms with Crippen LogP contribution in [0, 0.1) is 11.8 Å². The second-order valence-corrected chi connectivity index (χ2v) is 5.32. The van der Waals surface area contributed by atoms with Crippen molar-refractivity contribution in [2.24, 2.45) is 5.73 Å². The first-order valence-electron chi connectivity index (χ1n) is 7.04. The van der Waals surface area contributed by atoms with E-state index in [1.165, 1.54) is 0 Å². The molecular formula is C16H17N3O2. The van der Waals surface area contributed by atoms with E-state index in [0.29, 0.717) is 22.3 Å². The number of nitrogens with zero attached hydrogens (tertiary/aromatic N) is 2. The van der Waals surface area contributed by atoms with E-state index in [2.05, 4.69) is 16.8 Å². The number of hydrogen-bond acceptors (Lipinski definition) is 4. The fourth-order valence-corrected chi connectivity index (χ4v) is 2.51. The standard InChI is InChI=1S/C16H17N3O2/c1-10(17)15-18-13-6-2-4-11(5-3-9-20)14(13)16(21)19(15)12-7-8-12/h2,4,6,10,12,20H,7-9,17H2,1H3. The largest absolute Gasteiger partial charge is 0.384 e. The minimum Gasteiger partial charge on any atom is -0.384 e. The number of rotatable bonds is 2. The Bertz CT molecular complexity index is 808. The third kappa shape index (κ3) is 2.44. The molecule has 1 aliphatic rings. The molecule has 1 atom stereocenters. The van der Waals surface area contributed by atoms with Crippen LogP contribution in [-0.2, 0) is 0 Å². The maximum atomic E-state index is 12.9. The summed E-state index contributed by atoms with van der Waals surface area (Å²) in [6.07, 6.45) is 1.97. The lowest BCUT2D eigenvalue weighted by atomic mass is 10.1. The van der Waals surface area contributed by atoms with E-state index in [9.17, 15) is 4.79 Å². The molecule has 1 heterocycles. The van der Waals surface area contributed by atoms with Gasteiger partial charge in [-0.2, -0.15) is 0 Å². The molecule has 0 amide bonds.